The summed E-state index contributed by atoms with van der Waals surface area (Å²) in [6.45, 7) is 6.87. The van der Waals surface area contributed by atoms with Crippen LogP contribution in [0.3, 0.4) is 0 Å². The maximum atomic E-state index is 12.0. The van der Waals surface area contributed by atoms with Gasteiger partial charge in [0.1, 0.15) is 0 Å². The topological polar surface area (TPSA) is 41.1 Å². The van der Waals surface area contributed by atoms with Gasteiger partial charge in [-0.2, -0.15) is 0 Å². The van der Waals surface area contributed by atoms with Crippen molar-refractivity contribution in [3.63, 3.8) is 0 Å². The van der Waals surface area contributed by atoms with E-state index >= 15 is 0 Å². The number of rotatable bonds is 4. The molecule has 2 N–H and O–H groups in total. The number of amides is 1. The molecule has 3 nitrogen and oxygen atoms in total. The van der Waals surface area contributed by atoms with E-state index in [0.29, 0.717) is 12.5 Å². The van der Waals surface area contributed by atoms with Crippen LogP contribution in [0.5, 0.6) is 0 Å². The van der Waals surface area contributed by atoms with Crippen LogP contribution in [-0.4, -0.2) is 19.0 Å². The van der Waals surface area contributed by atoms with E-state index < -0.39 is 0 Å². The minimum absolute atomic E-state index is 0. The fourth-order valence-corrected chi connectivity index (χ4v) is 2.43. The highest BCUT2D eigenvalue weighted by atomic mass is 35.5. The van der Waals surface area contributed by atoms with E-state index in [4.69, 9.17) is 0 Å². The molecule has 1 aliphatic rings. The van der Waals surface area contributed by atoms with Gasteiger partial charge in [0.2, 0.25) is 5.91 Å². The molecule has 1 heterocycles. The van der Waals surface area contributed by atoms with Gasteiger partial charge in [0.25, 0.3) is 0 Å². The summed E-state index contributed by atoms with van der Waals surface area (Å²) in [5.74, 6) is 0.876. The van der Waals surface area contributed by atoms with Gasteiger partial charge in [-0.25, -0.2) is 0 Å². The van der Waals surface area contributed by atoms with Crippen molar-refractivity contribution in [3.05, 3.63) is 35.4 Å². The van der Waals surface area contributed by atoms with Crippen LogP contribution >= 0.6 is 12.4 Å². The van der Waals surface area contributed by atoms with Crippen LogP contribution in [0.1, 0.15) is 43.7 Å². The Labute approximate surface area is 127 Å². The molecule has 1 aliphatic heterocycles. The van der Waals surface area contributed by atoms with Crippen LogP contribution in [0.25, 0.3) is 0 Å². The first kappa shape index (κ1) is 17.0. The second kappa shape index (κ2) is 8.28. The lowest BCUT2D eigenvalue weighted by Gasteiger charge is -2.21. The van der Waals surface area contributed by atoms with Crippen LogP contribution in [-0.2, 0) is 11.3 Å². The fraction of sp³-hybridized carbons (Fsp3) is 0.562. The monoisotopic (exact) mass is 296 g/mol. The number of hydrogen-bond acceptors (Lipinski definition) is 2. The second-order valence-corrected chi connectivity index (χ2v) is 5.66. The second-order valence-electron chi connectivity index (χ2n) is 5.66. The van der Waals surface area contributed by atoms with Crippen molar-refractivity contribution < 1.29 is 4.79 Å². The molecule has 4 heteroatoms. The summed E-state index contributed by atoms with van der Waals surface area (Å²) in [6, 6.07) is 8.51. The highest BCUT2D eigenvalue weighted by Crippen LogP contribution is 2.15. The lowest BCUT2D eigenvalue weighted by atomic mass is 9.98. The van der Waals surface area contributed by atoms with Gasteiger partial charge < -0.3 is 10.6 Å². The Balaban J connectivity index is 0.00000200. The molecule has 1 unspecified atom stereocenters. The van der Waals surface area contributed by atoms with Crippen LogP contribution < -0.4 is 10.6 Å². The van der Waals surface area contributed by atoms with Gasteiger partial charge in [-0.15, -0.1) is 12.4 Å². The van der Waals surface area contributed by atoms with Crippen LogP contribution in [0.4, 0.5) is 0 Å². The number of piperidine rings is 1. The third-order valence-corrected chi connectivity index (χ3v) is 3.78. The average molecular weight is 297 g/mol. The highest BCUT2D eigenvalue weighted by Gasteiger charge is 2.20. The Morgan fingerprint density at radius 3 is 2.60 bits per heavy atom. The van der Waals surface area contributed by atoms with Gasteiger partial charge in [0.05, 0.1) is 5.92 Å². The zero-order valence-corrected chi connectivity index (χ0v) is 13.1. The largest absolute Gasteiger partial charge is 0.352 e. The number of carbonyl (C=O) groups excluding carboxylic acids is 1. The van der Waals surface area contributed by atoms with Crippen molar-refractivity contribution in [1.82, 2.24) is 10.6 Å². The zero-order valence-electron chi connectivity index (χ0n) is 12.3. The first-order valence-electron chi connectivity index (χ1n) is 7.24. The molecule has 1 amide bonds. The fourth-order valence-electron chi connectivity index (χ4n) is 2.43. The molecule has 112 valence electrons. The van der Waals surface area contributed by atoms with Gasteiger partial charge in [0.15, 0.2) is 0 Å². The summed E-state index contributed by atoms with van der Waals surface area (Å²) in [7, 11) is 0. The number of benzene rings is 1. The van der Waals surface area contributed by atoms with Crippen molar-refractivity contribution in [3.8, 4) is 0 Å². The third kappa shape index (κ3) is 4.80. The van der Waals surface area contributed by atoms with Gasteiger partial charge in [-0.05, 0) is 36.4 Å². The number of halogens is 1. The van der Waals surface area contributed by atoms with Gasteiger partial charge in [-0.3, -0.25) is 4.79 Å². The molecule has 2 rings (SSSR count). The predicted molar refractivity (Wildman–Crippen MR) is 85.2 cm³/mol. The van der Waals surface area contributed by atoms with Crippen LogP contribution in [0, 0.1) is 5.92 Å². The minimum Gasteiger partial charge on any atom is -0.352 e. The Morgan fingerprint density at radius 2 is 2.05 bits per heavy atom. The molecular formula is C16H25ClN2O. The van der Waals surface area contributed by atoms with Crippen LogP contribution in [0.2, 0.25) is 0 Å². The number of nitrogens with one attached hydrogen (secondary N) is 2. The normalized spacial score (nSPS) is 18.4. The minimum atomic E-state index is 0. The van der Waals surface area contributed by atoms with Gasteiger partial charge in [-0.1, -0.05) is 38.1 Å². The summed E-state index contributed by atoms with van der Waals surface area (Å²) >= 11 is 0. The predicted octanol–water partition coefficient (Wildman–Crippen LogP) is 2.85. The molecular weight excluding hydrogens is 272 g/mol. The van der Waals surface area contributed by atoms with Crippen molar-refractivity contribution in [2.45, 2.75) is 39.2 Å². The summed E-state index contributed by atoms with van der Waals surface area (Å²) in [5, 5.41) is 6.31. The Morgan fingerprint density at radius 1 is 1.35 bits per heavy atom. The zero-order chi connectivity index (χ0) is 13.7. The maximum absolute atomic E-state index is 12.0. The molecule has 1 atom stereocenters. The quantitative estimate of drug-likeness (QED) is 0.897. The van der Waals surface area contributed by atoms with E-state index in [1.807, 2.05) is 0 Å². The Bertz CT molecular complexity index is 411. The molecule has 1 aromatic carbocycles. The molecule has 0 aliphatic carbocycles. The Hall–Kier alpha value is -1.06. The van der Waals surface area contributed by atoms with E-state index in [1.54, 1.807) is 0 Å². The van der Waals surface area contributed by atoms with Crippen molar-refractivity contribution >= 4 is 18.3 Å². The van der Waals surface area contributed by atoms with Crippen molar-refractivity contribution in [2.75, 3.05) is 13.1 Å². The molecule has 1 fully saturated rings. The molecule has 0 bridgehead atoms. The van der Waals surface area contributed by atoms with Gasteiger partial charge >= 0.3 is 0 Å². The maximum Gasteiger partial charge on any atom is 0.224 e. The SMILES string of the molecule is CC(C)c1ccc(CNC(=O)C2CCCNC2)cc1.Cl. The summed E-state index contributed by atoms with van der Waals surface area (Å²) in [4.78, 5) is 12.0. The summed E-state index contributed by atoms with van der Waals surface area (Å²) in [6.07, 6.45) is 2.10. The summed E-state index contributed by atoms with van der Waals surface area (Å²) in [5.41, 5.74) is 2.51. The van der Waals surface area contributed by atoms with E-state index in [2.05, 4.69) is 48.7 Å². The first-order valence-corrected chi connectivity index (χ1v) is 7.24. The molecule has 20 heavy (non-hydrogen) atoms. The molecule has 0 radical (unpaired) electrons. The van der Waals surface area contributed by atoms with E-state index in [0.717, 1.165) is 25.9 Å². The van der Waals surface area contributed by atoms with Gasteiger partial charge in [0, 0.05) is 13.1 Å². The van der Waals surface area contributed by atoms with Crippen molar-refractivity contribution in [1.29, 1.82) is 0 Å². The Kier molecular flexibility index (Phi) is 7.03. The van der Waals surface area contributed by atoms with Crippen LogP contribution in [0.15, 0.2) is 24.3 Å². The molecule has 1 saturated heterocycles. The number of hydrogen-bond donors (Lipinski definition) is 2. The number of carbonyl (C=O) groups is 1. The van der Waals surface area contributed by atoms with E-state index in [-0.39, 0.29) is 24.2 Å². The first-order chi connectivity index (χ1) is 9.16. The lowest BCUT2D eigenvalue weighted by molar-refractivity contribution is -0.125. The van der Waals surface area contributed by atoms with E-state index in [9.17, 15) is 4.79 Å². The average Bonchev–Trinajstić information content (AvgIpc) is 2.46. The smallest absolute Gasteiger partial charge is 0.224 e. The lowest BCUT2D eigenvalue weighted by Crippen LogP contribution is -2.40. The van der Waals surface area contributed by atoms with Crippen molar-refractivity contribution in [2.24, 2.45) is 5.92 Å². The molecule has 0 saturated carbocycles. The molecule has 0 spiro atoms. The standard InChI is InChI=1S/C16H24N2O.ClH/c1-12(2)14-7-5-13(6-8-14)10-18-16(19)15-4-3-9-17-11-15;/h5-8,12,15,17H,3-4,9-11H2,1-2H3,(H,18,19);1H. The van der Waals surface area contributed by atoms with E-state index in [1.165, 1.54) is 11.1 Å². The summed E-state index contributed by atoms with van der Waals surface area (Å²) < 4.78 is 0. The third-order valence-electron chi connectivity index (χ3n) is 3.78. The molecule has 1 aromatic rings. The molecule has 0 aromatic heterocycles. The highest BCUT2D eigenvalue weighted by molar-refractivity contribution is 5.85.